The first kappa shape index (κ1) is 17.8. The number of hydrogen-bond acceptors (Lipinski definition) is 3. The number of hydrogen-bond donors (Lipinski definition) is 2. The second-order valence-corrected chi connectivity index (χ2v) is 5.13. The van der Waals surface area contributed by atoms with E-state index in [0.29, 0.717) is 0 Å². The molecule has 0 aliphatic heterocycles. The number of aliphatic carboxylic acids is 1. The van der Waals surface area contributed by atoms with Crippen LogP contribution in [0.15, 0.2) is 24.3 Å². The highest BCUT2D eigenvalue weighted by Crippen LogP contribution is 2.27. The van der Waals surface area contributed by atoms with Gasteiger partial charge in [0.1, 0.15) is 11.3 Å². The van der Waals surface area contributed by atoms with Gasteiger partial charge in [-0.25, -0.2) is 4.79 Å². The summed E-state index contributed by atoms with van der Waals surface area (Å²) in [7, 11) is 0. The van der Waals surface area contributed by atoms with Crippen LogP contribution in [0.3, 0.4) is 0 Å². The lowest BCUT2D eigenvalue weighted by Gasteiger charge is -2.21. The predicted molar refractivity (Wildman–Crippen MR) is 71.3 cm³/mol. The number of amides is 1. The molecular weight excluding hydrogens is 303 g/mol. The number of rotatable bonds is 6. The molecule has 1 aromatic rings. The van der Waals surface area contributed by atoms with Crippen molar-refractivity contribution in [1.29, 1.82) is 0 Å². The van der Waals surface area contributed by atoms with E-state index in [9.17, 15) is 22.8 Å². The fourth-order valence-electron chi connectivity index (χ4n) is 1.65. The molecule has 0 heterocycles. The second-order valence-electron chi connectivity index (χ2n) is 5.13. The lowest BCUT2D eigenvalue weighted by Crippen LogP contribution is -2.49. The van der Waals surface area contributed by atoms with Gasteiger partial charge in [-0.3, -0.25) is 4.79 Å². The van der Waals surface area contributed by atoms with Crippen molar-refractivity contribution in [2.24, 2.45) is 0 Å². The van der Waals surface area contributed by atoms with Crippen LogP contribution in [-0.2, 0) is 16.0 Å². The van der Waals surface area contributed by atoms with Crippen LogP contribution in [0.1, 0.15) is 25.8 Å². The molecule has 0 radical (unpaired) electrons. The summed E-state index contributed by atoms with van der Waals surface area (Å²) in [5, 5.41) is 11.2. The van der Waals surface area contributed by atoms with Gasteiger partial charge in [0.15, 0.2) is 0 Å². The van der Waals surface area contributed by atoms with Gasteiger partial charge >= 0.3 is 12.3 Å². The quantitative estimate of drug-likeness (QED) is 0.845. The zero-order valence-electron chi connectivity index (χ0n) is 12.0. The highest BCUT2D eigenvalue weighted by Gasteiger charge is 2.32. The Morgan fingerprint density at radius 2 is 1.82 bits per heavy atom. The number of halogens is 3. The van der Waals surface area contributed by atoms with Gasteiger partial charge < -0.3 is 15.2 Å². The molecule has 0 atom stereocenters. The molecule has 0 aliphatic rings. The van der Waals surface area contributed by atoms with Crippen molar-refractivity contribution in [3.8, 4) is 5.75 Å². The Kier molecular flexibility index (Phi) is 5.40. The zero-order chi connectivity index (χ0) is 17.0. The molecule has 22 heavy (non-hydrogen) atoms. The molecule has 0 bridgehead atoms. The number of alkyl halides is 3. The van der Waals surface area contributed by atoms with Crippen molar-refractivity contribution in [1.82, 2.24) is 5.32 Å². The molecule has 8 heteroatoms. The van der Waals surface area contributed by atoms with Crippen LogP contribution < -0.4 is 10.1 Å². The molecule has 0 aliphatic carbocycles. The van der Waals surface area contributed by atoms with Gasteiger partial charge in [-0.05, 0) is 31.9 Å². The molecular formula is C14H16F3NO4. The average Bonchev–Trinajstić information content (AvgIpc) is 2.35. The van der Waals surface area contributed by atoms with E-state index in [1.165, 1.54) is 32.0 Å². The minimum Gasteiger partial charge on any atom is -0.480 e. The fourth-order valence-corrected chi connectivity index (χ4v) is 1.65. The number of carboxylic acids is 1. The van der Waals surface area contributed by atoms with Crippen LogP contribution in [0.4, 0.5) is 13.2 Å². The number of nitrogens with one attached hydrogen (secondary N) is 1. The predicted octanol–water partition coefficient (Wildman–Crippen LogP) is 2.50. The number of aryl methyl sites for hydroxylation is 1. The van der Waals surface area contributed by atoms with Gasteiger partial charge in [-0.2, -0.15) is 0 Å². The van der Waals surface area contributed by atoms with Gasteiger partial charge in [0.05, 0.1) is 0 Å². The van der Waals surface area contributed by atoms with Gasteiger partial charge in [-0.15, -0.1) is 13.2 Å². The van der Waals surface area contributed by atoms with Crippen LogP contribution in [0.5, 0.6) is 5.75 Å². The summed E-state index contributed by atoms with van der Waals surface area (Å²) < 4.78 is 40.7. The van der Waals surface area contributed by atoms with Crippen LogP contribution in [0.25, 0.3) is 0 Å². The minimum atomic E-state index is -4.82. The summed E-state index contributed by atoms with van der Waals surface area (Å²) in [6, 6.07) is 5.48. The largest absolute Gasteiger partial charge is 0.573 e. The molecule has 2 N–H and O–H groups in total. The van der Waals surface area contributed by atoms with Crippen LogP contribution in [-0.4, -0.2) is 28.9 Å². The van der Waals surface area contributed by atoms with E-state index in [0.717, 1.165) is 6.07 Å². The summed E-state index contributed by atoms with van der Waals surface area (Å²) in [5.74, 6) is -2.16. The van der Waals surface area contributed by atoms with Crippen molar-refractivity contribution >= 4 is 11.9 Å². The number of ether oxygens (including phenoxy) is 1. The first-order valence-corrected chi connectivity index (χ1v) is 6.39. The smallest absolute Gasteiger partial charge is 0.480 e. The van der Waals surface area contributed by atoms with Crippen molar-refractivity contribution in [2.45, 2.75) is 38.6 Å². The number of carboxylic acid groups (broad SMARTS) is 1. The summed E-state index contributed by atoms with van der Waals surface area (Å²) in [6.45, 7) is 2.63. The van der Waals surface area contributed by atoms with E-state index < -0.39 is 23.8 Å². The maximum Gasteiger partial charge on any atom is 0.573 e. The average molecular weight is 319 g/mol. The molecule has 1 amide bonds. The third-order valence-electron chi connectivity index (χ3n) is 2.81. The summed E-state index contributed by atoms with van der Waals surface area (Å²) in [5.41, 5.74) is -1.23. The minimum absolute atomic E-state index is 0.00616. The number of para-hydroxylation sites is 1. The fraction of sp³-hybridized carbons (Fsp3) is 0.429. The first-order chi connectivity index (χ1) is 10.0. The van der Waals surface area contributed by atoms with Gasteiger partial charge in [0.25, 0.3) is 0 Å². The molecule has 0 fully saturated rings. The van der Waals surface area contributed by atoms with E-state index in [1.54, 1.807) is 0 Å². The monoisotopic (exact) mass is 319 g/mol. The Labute approximate surface area is 125 Å². The standard InChI is InChI=1S/C14H16F3NO4/c1-13(2,12(20)21)18-11(19)8-7-9-5-3-4-6-10(9)22-14(15,16)17/h3-6H,7-8H2,1-2H3,(H,18,19)(H,20,21). The molecule has 1 rings (SSSR count). The maximum atomic E-state index is 12.3. The van der Waals surface area contributed by atoms with Crippen molar-refractivity contribution in [3.05, 3.63) is 29.8 Å². The lowest BCUT2D eigenvalue weighted by atomic mass is 10.0. The molecule has 122 valence electrons. The van der Waals surface area contributed by atoms with Crippen molar-refractivity contribution in [2.75, 3.05) is 0 Å². The molecule has 0 aromatic heterocycles. The lowest BCUT2D eigenvalue weighted by molar-refractivity contribution is -0.274. The van der Waals surface area contributed by atoms with Crippen LogP contribution in [0, 0.1) is 0 Å². The number of carbonyl (C=O) groups excluding carboxylic acids is 1. The first-order valence-electron chi connectivity index (χ1n) is 6.39. The Hall–Kier alpha value is -2.25. The van der Waals surface area contributed by atoms with E-state index in [4.69, 9.17) is 5.11 Å². The van der Waals surface area contributed by atoms with Crippen LogP contribution >= 0.6 is 0 Å². The number of carbonyl (C=O) groups is 2. The summed E-state index contributed by atoms with van der Waals surface area (Å²) in [6.07, 6.45) is -4.98. The van der Waals surface area contributed by atoms with Crippen LogP contribution in [0.2, 0.25) is 0 Å². The van der Waals surface area contributed by atoms with E-state index >= 15 is 0 Å². The van der Waals surface area contributed by atoms with Gasteiger partial charge in [-0.1, -0.05) is 18.2 Å². The van der Waals surface area contributed by atoms with Gasteiger partial charge in [0, 0.05) is 6.42 Å². The maximum absolute atomic E-state index is 12.3. The molecule has 1 aromatic carbocycles. The number of benzene rings is 1. The Bertz CT molecular complexity index is 555. The normalized spacial score (nSPS) is 11.9. The van der Waals surface area contributed by atoms with E-state index in [1.807, 2.05) is 0 Å². The highest BCUT2D eigenvalue weighted by molar-refractivity contribution is 5.86. The third kappa shape index (κ3) is 5.63. The summed E-state index contributed by atoms with van der Waals surface area (Å²) >= 11 is 0. The molecule has 0 spiro atoms. The van der Waals surface area contributed by atoms with E-state index in [2.05, 4.69) is 10.1 Å². The zero-order valence-corrected chi connectivity index (χ0v) is 12.0. The van der Waals surface area contributed by atoms with Crippen molar-refractivity contribution < 1.29 is 32.6 Å². The molecule has 0 unspecified atom stereocenters. The second kappa shape index (κ2) is 6.67. The van der Waals surface area contributed by atoms with Crippen molar-refractivity contribution in [3.63, 3.8) is 0 Å². The Balaban J connectivity index is 2.69. The highest BCUT2D eigenvalue weighted by atomic mass is 19.4. The third-order valence-corrected chi connectivity index (χ3v) is 2.81. The Morgan fingerprint density at radius 1 is 1.23 bits per heavy atom. The van der Waals surface area contributed by atoms with E-state index in [-0.39, 0.29) is 24.2 Å². The molecule has 5 nitrogen and oxygen atoms in total. The van der Waals surface area contributed by atoms with Gasteiger partial charge in [0.2, 0.25) is 5.91 Å². The SMILES string of the molecule is CC(C)(NC(=O)CCc1ccccc1OC(F)(F)F)C(=O)O. The Morgan fingerprint density at radius 3 is 2.36 bits per heavy atom. The molecule has 0 saturated heterocycles. The molecule has 0 saturated carbocycles. The summed E-state index contributed by atoms with van der Waals surface area (Å²) in [4.78, 5) is 22.6. The topological polar surface area (TPSA) is 75.6 Å².